The second kappa shape index (κ2) is 8.92. The van der Waals surface area contributed by atoms with Gasteiger partial charge in [0.05, 0.1) is 35.7 Å². The Balaban J connectivity index is 2.36. The molecule has 0 bridgehead atoms. The summed E-state index contributed by atoms with van der Waals surface area (Å²) in [5, 5.41) is 19.8. The van der Waals surface area contributed by atoms with Gasteiger partial charge in [-0.15, -0.1) is 0 Å². The molecule has 0 aliphatic rings. The number of halogens is 2. The van der Waals surface area contributed by atoms with Crippen LogP contribution in [-0.2, 0) is 6.42 Å². The van der Waals surface area contributed by atoms with Crippen LogP contribution in [0.1, 0.15) is 48.3 Å². The fraction of sp³-hybridized carbons (Fsp3) is 0.333. The molecule has 0 aliphatic heterocycles. The van der Waals surface area contributed by atoms with Crippen molar-refractivity contribution < 1.29 is 24.1 Å². The first-order valence-corrected chi connectivity index (χ1v) is 10.4. The minimum Gasteiger partial charge on any atom is -0.495 e. The zero-order valence-electron chi connectivity index (χ0n) is 18.3. The first-order chi connectivity index (χ1) is 15.0. The number of aromatic carboxylic acids is 1. The number of ether oxygens (including phenoxy) is 1. The number of carboxylic acid groups (broad SMARTS) is 1. The number of nitrogens with zero attached hydrogens (tertiary/aromatic N) is 1. The standard InChI is InChI=1S/C24H25ClFNO5/c1-24(2,3)19(12-28)27-11-16(23(30)31)22(29)15-9-13(10-18(32-4)21(15)27)8-14-6-5-7-17(25)20(14)26/h5-7,9-11,19,28H,8,12H2,1-4H3,(H,30,31)/t19-/m1/s1. The van der Waals surface area contributed by atoms with Crippen molar-refractivity contribution in [3.8, 4) is 5.75 Å². The van der Waals surface area contributed by atoms with Gasteiger partial charge in [-0.3, -0.25) is 4.79 Å². The zero-order valence-corrected chi connectivity index (χ0v) is 19.0. The number of hydrogen-bond donors (Lipinski definition) is 2. The van der Waals surface area contributed by atoms with Crippen LogP contribution in [-0.4, -0.2) is 34.5 Å². The summed E-state index contributed by atoms with van der Waals surface area (Å²) in [5.41, 5.74) is -0.309. The highest BCUT2D eigenvalue weighted by Crippen LogP contribution is 2.36. The monoisotopic (exact) mass is 461 g/mol. The summed E-state index contributed by atoms with van der Waals surface area (Å²) in [6.07, 6.45) is 1.37. The fourth-order valence-corrected chi connectivity index (χ4v) is 4.05. The summed E-state index contributed by atoms with van der Waals surface area (Å²) < 4.78 is 21.6. The number of rotatable bonds is 6. The van der Waals surface area contributed by atoms with Crippen molar-refractivity contribution in [1.29, 1.82) is 0 Å². The normalized spacial score (nSPS) is 12.7. The molecular formula is C24H25ClFNO5. The molecule has 1 aromatic heterocycles. The lowest BCUT2D eigenvalue weighted by molar-refractivity contribution is 0.0692. The first-order valence-electron chi connectivity index (χ1n) is 10.0. The predicted molar refractivity (Wildman–Crippen MR) is 122 cm³/mol. The fourth-order valence-electron chi connectivity index (χ4n) is 3.85. The Morgan fingerprint density at radius 1 is 1.28 bits per heavy atom. The van der Waals surface area contributed by atoms with Gasteiger partial charge in [-0.2, -0.15) is 0 Å². The second-order valence-electron chi connectivity index (χ2n) is 8.73. The number of carboxylic acids is 1. The lowest BCUT2D eigenvalue weighted by atomic mass is 9.86. The van der Waals surface area contributed by atoms with Gasteiger partial charge in [-0.25, -0.2) is 9.18 Å². The number of benzene rings is 2. The highest BCUT2D eigenvalue weighted by Gasteiger charge is 2.29. The maximum Gasteiger partial charge on any atom is 0.341 e. The van der Waals surface area contributed by atoms with E-state index in [-0.39, 0.29) is 23.4 Å². The van der Waals surface area contributed by atoms with E-state index >= 15 is 0 Å². The van der Waals surface area contributed by atoms with Crippen molar-refractivity contribution in [2.24, 2.45) is 5.41 Å². The molecule has 8 heteroatoms. The van der Waals surface area contributed by atoms with E-state index in [1.54, 1.807) is 28.8 Å². The van der Waals surface area contributed by atoms with Gasteiger partial charge >= 0.3 is 5.97 Å². The summed E-state index contributed by atoms with van der Waals surface area (Å²) in [6, 6.07) is 7.35. The Morgan fingerprint density at radius 2 is 1.97 bits per heavy atom. The SMILES string of the molecule is COc1cc(Cc2cccc(Cl)c2F)cc2c(=O)c(C(=O)O)cn([C@H](CO)C(C)(C)C)c12. The van der Waals surface area contributed by atoms with Crippen LogP contribution in [0, 0.1) is 11.2 Å². The zero-order chi connectivity index (χ0) is 23.8. The molecule has 6 nitrogen and oxygen atoms in total. The van der Waals surface area contributed by atoms with E-state index in [1.807, 2.05) is 20.8 Å². The van der Waals surface area contributed by atoms with Crippen LogP contribution < -0.4 is 10.2 Å². The van der Waals surface area contributed by atoms with E-state index in [1.165, 1.54) is 19.4 Å². The van der Waals surface area contributed by atoms with Gasteiger partial charge in [-0.1, -0.05) is 44.5 Å². The Morgan fingerprint density at radius 3 is 2.53 bits per heavy atom. The third-order valence-corrected chi connectivity index (χ3v) is 5.83. The molecule has 2 aromatic carbocycles. The van der Waals surface area contributed by atoms with Crippen LogP contribution in [0.4, 0.5) is 4.39 Å². The van der Waals surface area contributed by atoms with E-state index in [2.05, 4.69) is 0 Å². The summed E-state index contributed by atoms with van der Waals surface area (Å²) in [7, 11) is 1.43. The maximum absolute atomic E-state index is 14.4. The van der Waals surface area contributed by atoms with Gasteiger partial charge in [0.1, 0.15) is 17.1 Å². The number of aromatic nitrogens is 1. The summed E-state index contributed by atoms with van der Waals surface area (Å²) >= 11 is 5.89. The smallest absolute Gasteiger partial charge is 0.341 e. The number of hydrogen-bond acceptors (Lipinski definition) is 4. The van der Waals surface area contributed by atoms with Crippen LogP contribution in [0.15, 0.2) is 41.3 Å². The van der Waals surface area contributed by atoms with Crippen LogP contribution >= 0.6 is 11.6 Å². The number of fused-ring (bicyclic) bond motifs is 1. The maximum atomic E-state index is 14.4. The Kier molecular flexibility index (Phi) is 6.62. The number of carbonyl (C=O) groups is 1. The van der Waals surface area contributed by atoms with Crippen molar-refractivity contribution >= 4 is 28.5 Å². The minimum absolute atomic E-state index is 0.0123. The van der Waals surface area contributed by atoms with Crippen LogP contribution in [0.5, 0.6) is 5.75 Å². The van der Waals surface area contributed by atoms with Gasteiger partial charge in [0.2, 0.25) is 5.43 Å². The quantitative estimate of drug-likeness (QED) is 0.556. The topological polar surface area (TPSA) is 88.8 Å². The molecule has 2 N–H and O–H groups in total. The average molecular weight is 462 g/mol. The first kappa shape index (κ1) is 23.8. The number of methoxy groups -OCH3 is 1. The molecule has 0 radical (unpaired) electrons. The molecule has 0 saturated carbocycles. The Labute approximate surface area is 189 Å². The molecule has 0 fully saturated rings. The summed E-state index contributed by atoms with van der Waals surface area (Å²) in [4.78, 5) is 24.9. The Hall–Kier alpha value is -2.90. The van der Waals surface area contributed by atoms with Crippen molar-refractivity contribution in [3.05, 3.63) is 74.3 Å². The predicted octanol–water partition coefficient (Wildman–Crippen LogP) is 4.67. The van der Waals surface area contributed by atoms with E-state index in [4.69, 9.17) is 16.3 Å². The molecule has 0 aliphatic carbocycles. The van der Waals surface area contributed by atoms with Crippen LogP contribution in [0.3, 0.4) is 0 Å². The third kappa shape index (κ3) is 4.36. The van der Waals surface area contributed by atoms with E-state index in [0.717, 1.165) is 0 Å². The molecule has 0 unspecified atom stereocenters. The van der Waals surface area contributed by atoms with Crippen molar-refractivity contribution in [3.63, 3.8) is 0 Å². The van der Waals surface area contributed by atoms with Gasteiger partial charge in [0, 0.05) is 12.6 Å². The Bertz CT molecular complexity index is 1250. The van der Waals surface area contributed by atoms with E-state index in [0.29, 0.717) is 22.4 Å². The number of pyridine rings is 1. The average Bonchev–Trinajstić information content (AvgIpc) is 2.71. The molecule has 3 rings (SSSR count). The highest BCUT2D eigenvalue weighted by atomic mass is 35.5. The summed E-state index contributed by atoms with van der Waals surface area (Å²) in [6.45, 7) is 5.43. The number of aliphatic hydroxyl groups excluding tert-OH is 1. The third-order valence-electron chi connectivity index (χ3n) is 5.54. The molecule has 3 aromatic rings. The van der Waals surface area contributed by atoms with Crippen molar-refractivity contribution in [2.45, 2.75) is 33.2 Å². The van der Waals surface area contributed by atoms with E-state index in [9.17, 15) is 24.2 Å². The minimum atomic E-state index is -1.37. The molecule has 0 saturated heterocycles. The van der Waals surface area contributed by atoms with Crippen LogP contribution in [0.2, 0.25) is 5.02 Å². The molecule has 170 valence electrons. The molecule has 0 spiro atoms. The molecule has 0 amide bonds. The van der Waals surface area contributed by atoms with E-state index < -0.39 is 34.2 Å². The van der Waals surface area contributed by atoms with Crippen molar-refractivity contribution in [2.75, 3.05) is 13.7 Å². The lowest BCUT2D eigenvalue weighted by Gasteiger charge is -2.33. The highest BCUT2D eigenvalue weighted by molar-refractivity contribution is 6.30. The van der Waals surface area contributed by atoms with Gasteiger partial charge in [0.25, 0.3) is 0 Å². The van der Waals surface area contributed by atoms with Crippen LogP contribution in [0.25, 0.3) is 10.9 Å². The second-order valence-corrected chi connectivity index (χ2v) is 9.14. The summed E-state index contributed by atoms with van der Waals surface area (Å²) in [5.74, 6) is -1.61. The van der Waals surface area contributed by atoms with Crippen molar-refractivity contribution in [1.82, 2.24) is 4.57 Å². The van der Waals surface area contributed by atoms with Gasteiger partial charge < -0.3 is 19.5 Å². The molecule has 1 atom stereocenters. The number of aliphatic hydroxyl groups is 1. The largest absolute Gasteiger partial charge is 0.495 e. The van der Waals surface area contributed by atoms with Gasteiger partial charge in [0.15, 0.2) is 0 Å². The molecule has 1 heterocycles. The lowest BCUT2D eigenvalue weighted by Crippen LogP contribution is -2.30. The molecular weight excluding hydrogens is 437 g/mol. The van der Waals surface area contributed by atoms with Gasteiger partial charge in [-0.05, 0) is 34.7 Å². The molecule has 32 heavy (non-hydrogen) atoms.